The van der Waals surface area contributed by atoms with E-state index in [0.717, 1.165) is 18.2 Å². The first-order valence-corrected chi connectivity index (χ1v) is 8.76. The summed E-state index contributed by atoms with van der Waals surface area (Å²) in [5.41, 5.74) is 3.59. The van der Waals surface area contributed by atoms with Crippen molar-refractivity contribution >= 4 is 17.6 Å². The van der Waals surface area contributed by atoms with Gasteiger partial charge in [-0.25, -0.2) is 14.3 Å². The predicted molar refractivity (Wildman–Crippen MR) is 89.3 cm³/mol. The smallest absolute Gasteiger partial charge is 0.465 e. The molecule has 27 heavy (non-hydrogen) atoms. The third kappa shape index (κ3) is 2.83. The van der Waals surface area contributed by atoms with Crippen LogP contribution in [0.25, 0.3) is 0 Å². The molecule has 0 radical (unpaired) electrons. The van der Waals surface area contributed by atoms with Crippen LogP contribution in [-0.4, -0.2) is 24.8 Å². The van der Waals surface area contributed by atoms with Crippen LogP contribution in [0.15, 0.2) is 23.2 Å². The number of alkyl halides is 3. The first-order valence-electron chi connectivity index (χ1n) is 8.76. The van der Waals surface area contributed by atoms with Gasteiger partial charge in [-0.2, -0.15) is 0 Å². The van der Waals surface area contributed by atoms with E-state index >= 15 is 0 Å². The van der Waals surface area contributed by atoms with Gasteiger partial charge in [0.2, 0.25) is 5.91 Å². The monoisotopic (exact) mass is 385 g/mol. The molecule has 1 aromatic carbocycles. The molecule has 3 aliphatic rings. The lowest BCUT2D eigenvalue weighted by Gasteiger charge is -2.39. The Labute approximate surface area is 153 Å². The second-order valence-electron chi connectivity index (χ2n) is 7.67. The number of hydrogen-bond acceptors (Lipinski definition) is 4. The van der Waals surface area contributed by atoms with Crippen LogP contribution >= 0.6 is 0 Å². The summed E-state index contributed by atoms with van der Waals surface area (Å²) in [5.74, 6) is -2.34. The van der Waals surface area contributed by atoms with Gasteiger partial charge in [-0.15, -0.1) is 13.2 Å². The number of hydrogen-bond donors (Lipinski definition) is 1. The molecule has 0 aromatic heterocycles. The van der Waals surface area contributed by atoms with E-state index in [9.17, 15) is 22.4 Å². The molecule has 1 spiro atoms. The molecule has 9 heteroatoms. The summed E-state index contributed by atoms with van der Waals surface area (Å²) in [4.78, 5) is 16.3. The molecule has 2 N–H and O–H groups in total. The number of rotatable bonds is 3. The van der Waals surface area contributed by atoms with Crippen molar-refractivity contribution in [1.82, 2.24) is 0 Å². The summed E-state index contributed by atoms with van der Waals surface area (Å²) < 4.78 is 60.7. The maximum atomic E-state index is 14.7. The van der Waals surface area contributed by atoms with Crippen LogP contribution in [0.3, 0.4) is 0 Å². The second-order valence-corrected chi connectivity index (χ2v) is 7.67. The van der Waals surface area contributed by atoms with Gasteiger partial charge in [0.05, 0.1) is 12.3 Å². The number of nitrogens with zero attached hydrogens (tertiary/aromatic N) is 2. The minimum atomic E-state index is -4.90. The highest BCUT2D eigenvalue weighted by molar-refractivity contribution is 5.97. The first kappa shape index (κ1) is 18.1. The van der Waals surface area contributed by atoms with Crippen molar-refractivity contribution in [1.29, 1.82) is 0 Å². The third-order valence-electron chi connectivity index (χ3n) is 5.85. The van der Waals surface area contributed by atoms with Crippen molar-refractivity contribution in [3.63, 3.8) is 0 Å². The summed E-state index contributed by atoms with van der Waals surface area (Å²) in [5, 5.41) is 0. The van der Waals surface area contributed by atoms with Gasteiger partial charge in [0.15, 0.2) is 0 Å². The highest BCUT2D eigenvalue weighted by Crippen LogP contribution is 2.62. The Balaban J connectivity index is 1.82. The standard InChI is InChI=1S/C18H19F4N3O2/c1-16(17(6-7-17)9-27-15(23)24-16)12-8-11(4-5-13(12)19)25(18(20,21)22)14(26)10-2-3-10/h4-5,8,10H,2-3,6-7,9H2,1H3,(H2,23,24)/t16-/m1/s1. The average molecular weight is 385 g/mol. The molecule has 1 aromatic rings. The predicted octanol–water partition coefficient (Wildman–Crippen LogP) is 3.43. The number of anilines is 1. The molecule has 1 heterocycles. The first-order chi connectivity index (χ1) is 12.6. The molecule has 2 saturated carbocycles. The molecule has 0 bridgehead atoms. The molecule has 1 amide bonds. The zero-order chi connectivity index (χ0) is 19.6. The number of amidine groups is 1. The van der Waals surface area contributed by atoms with Crippen molar-refractivity contribution in [2.45, 2.75) is 44.4 Å². The van der Waals surface area contributed by atoms with Crippen LogP contribution in [-0.2, 0) is 15.1 Å². The zero-order valence-corrected chi connectivity index (χ0v) is 14.6. The Bertz CT molecular complexity index is 830. The minimum absolute atomic E-state index is 0.0124. The molecule has 0 saturated heterocycles. The van der Waals surface area contributed by atoms with Gasteiger partial charge in [-0.1, -0.05) is 0 Å². The highest BCUT2D eigenvalue weighted by atomic mass is 19.4. The number of ether oxygens (including phenoxy) is 1. The zero-order valence-electron chi connectivity index (χ0n) is 14.6. The summed E-state index contributed by atoms with van der Waals surface area (Å²) in [6, 6.07) is 2.88. The van der Waals surface area contributed by atoms with Crippen molar-refractivity contribution in [3.8, 4) is 0 Å². The lowest BCUT2D eigenvalue weighted by Crippen LogP contribution is -2.45. The van der Waals surface area contributed by atoms with Gasteiger partial charge in [0, 0.05) is 16.9 Å². The van der Waals surface area contributed by atoms with Gasteiger partial charge >= 0.3 is 6.30 Å². The fraction of sp³-hybridized carbons (Fsp3) is 0.556. The van der Waals surface area contributed by atoms with Crippen LogP contribution in [0, 0.1) is 17.2 Å². The molecule has 146 valence electrons. The Morgan fingerprint density at radius 1 is 1.33 bits per heavy atom. The molecule has 2 aliphatic carbocycles. The topological polar surface area (TPSA) is 67.9 Å². The number of benzene rings is 1. The number of carbonyl (C=O) groups excluding carboxylic acids is 1. The minimum Gasteiger partial charge on any atom is -0.465 e. The summed E-state index contributed by atoms with van der Waals surface area (Å²) in [6.45, 7) is 1.88. The summed E-state index contributed by atoms with van der Waals surface area (Å²) in [7, 11) is 0. The van der Waals surface area contributed by atoms with Crippen molar-refractivity contribution in [2.24, 2.45) is 22.1 Å². The van der Waals surface area contributed by atoms with E-state index in [1.165, 1.54) is 0 Å². The van der Waals surface area contributed by atoms with Crippen LogP contribution < -0.4 is 10.6 Å². The highest BCUT2D eigenvalue weighted by Gasteiger charge is 2.61. The van der Waals surface area contributed by atoms with Gasteiger partial charge < -0.3 is 10.5 Å². The number of nitrogens with two attached hydrogens (primary N) is 1. The molecule has 0 unspecified atom stereocenters. The summed E-state index contributed by atoms with van der Waals surface area (Å²) >= 11 is 0. The van der Waals surface area contributed by atoms with Gasteiger partial charge in [0.1, 0.15) is 11.4 Å². The lowest BCUT2D eigenvalue weighted by atomic mass is 9.76. The third-order valence-corrected chi connectivity index (χ3v) is 5.85. The van der Waals surface area contributed by atoms with E-state index < -0.39 is 40.6 Å². The van der Waals surface area contributed by atoms with Crippen LogP contribution in [0.5, 0.6) is 0 Å². The molecule has 2 fully saturated rings. The van der Waals surface area contributed by atoms with Crippen molar-refractivity contribution in [3.05, 3.63) is 29.6 Å². The normalized spacial score (nSPS) is 26.3. The average Bonchev–Trinajstić information content (AvgIpc) is 3.45. The van der Waals surface area contributed by atoms with E-state index in [0.29, 0.717) is 25.7 Å². The number of aliphatic imine (C=N–C) groups is 1. The summed E-state index contributed by atoms with van der Waals surface area (Å²) in [6.07, 6.45) is -2.64. The quantitative estimate of drug-likeness (QED) is 0.640. The number of carbonyl (C=O) groups is 1. The Morgan fingerprint density at radius 3 is 2.56 bits per heavy atom. The van der Waals surface area contributed by atoms with E-state index in [1.54, 1.807) is 6.92 Å². The molecule has 5 nitrogen and oxygen atoms in total. The Hall–Kier alpha value is -2.32. The number of halogens is 4. The van der Waals surface area contributed by atoms with E-state index in [-0.39, 0.29) is 23.1 Å². The van der Waals surface area contributed by atoms with Gasteiger partial charge in [0.25, 0.3) is 6.02 Å². The van der Waals surface area contributed by atoms with Gasteiger partial charge in [-0.05, 0) is 50.8 Å². The molecule has 1 atom stereocenters. The molecular formula is C18H19F4N3O2. The van der Waals surface area contributed by atoms with Crippen molar-refractivity contribution in [2.75, 3.05) is 11.5 Å². The SMILES string of the molecule is C[C@]1(c2cc(N(C(=O)C3CC3)C(F)(F)F)ccc2F)N=C(N)OCC12CC2. The molecule has 1 aliphatic heterocycles. The Morgan fingerprint density at radius 2 is 2.00 bits per heavy atom. The fourth-order valence-corrected chi connectivity index (χ4v) is 3.79. The maximum absolute atomic E-state index is 14.7. The van der Waals surface area contributed by atoms with E-state index in [1.807, 2.05) is 0 Å². The van der Waals surface area contributed by atoms with Crippen LogP contribution in [0.4, 0.5) is 23.2 Å². The molecular weight excluding hydrogens is 366 g/mol. The van der Waals surface area contributed by atoms with Crippen LogP contribution in [0.2, 0.25) is 0 Å². The lowest BCUT2D eigenvalue weighted by molar-refractivity contribution is -0.150. The van der Waals surface area contributed by atoms with E-state index in [4.69, 9.17) is 10.5 Å². The second kappa shape index (κ2) is 5.59. The fourth-order valence-electron chi connectivity index (χ4n) is 3.79. The van der Waals surface area contributed by atoms with E-state index in [2.05, 4.69) is 4.99 Å². The Kier molecular flexibility index (Phi) is 3.74. The largest absolute Gasteiger partial charge is 0.491 e. The number of amides is 1. The molecule has 4 rings (SSSR count). The maximum Gasteiger partial charge on any atom is 0.491 e. The van der Waals surface area contributed by atoms with Crippen molar-refractivity contribution < 1.29 is 27.1 Å². The van der Waals surface area contributed by atoms with Crippen LogP contribution in [0.1, 0.15) is 38.2 Å². The van der Waals surface area contributed by atoms with Gasteiger partial charge in [-0.3, -0.25) is 4.79 Å².